The van der Waals surface area contributed by atoms with Crippen LogP contribution in [0.1, 0.15) is 24.0 Å². The zero-order chi connectivity index (χ0) is 13.7. The summed E-state index contributed by atoms with van der Waals surface area (Å²) in [7, 11) is 0. The summed E-state index contributed by atoms with van der Waals surface area (Å²) < 4.78 is 5.35. The molecule has 1 atom stereocenters. The lowest BCUT2D eigenvalue weighted by atomic mass is 9.92. The monoisotopic (exact) mass is 257 g/mol. The first kappa shape index (κ1) is 13.1. The van der Waals surface area contributed by atoms with Crippen LogP contribution >= 0.6 is 0 Å². The number of benzene rings is 1. The van der Waals surface area contributed by atoms with Crippen LogP contribution in [0.2, 0.25) is 0 Å². The fraction of sp³-hybridized carbons (Fsp3) is 0.200. The Labute approximate surface area is 111 Å². The van der Waals surface area contributed by atoms with E-state index in [0.717, 1.165) is 5.75 Å². The van der Waals surface area contributed by atoms with Gasteiger partial charge in [0.05, 0.1) is 6.61 Å². The van der Waals surface area contributed by atoms with Gasteiger partial charge in [-0.05, 0) is 36.2 Å². The molecule has 1 heterocycles. The van der Waals surface area contributed by atoms with Crippen LogP contribution in [0.25, 0.3) is 0 Å². The average molecular weight is 257 g/mol. The number of aliphatic carboxylic acids is 1. The molecular formula is C15H15NO3. The number of carboxylic acids is 1. The van der Waals surface area contributed by atoms with Gasteiger partial charge in [0, 0.05) is 12.4 Å². The highest BCUT2D eigenvalue weighted by Gasteiger charge is 2.22. The molecule has 0 aliphatic carbocycles. The maximum atomic E-state index is 11.5. The van der Waals surface area contributed by atoms with E-state index in [1.54, 1.807) is 48.8 Å². The largest absolute Gasteiger partial charge is 0.494 e. The maximum absolute atomic E-state index is 11.5. The van der Waals surface area contributed by atoms with Crippen molar-refractivity contribution >= 4 is 5.97 Å². The number of ether oxygens (including phenoxy) is 1. The summed E-state index contributed by atoms with van der Waals surface area (Å²) >= 11 is 0. The Kier molecular flexibility index (Phi) is 4.13. The molecule has 0 saturated carbocycles. The van der Waals surface area contributed by atoms with E-state index in [1.807, 2.05) is 6.92 Å². The summed E-state index contributed by atoms with van der Waals surface area (Å²) in [5.74, 6) is -0.858. The molecule has 19 heavy (non-hydrogen) atoms. The van der Waals surface area contributed by atoms with Crippen LogP contribution in [0.5, 0.6) is 5.75 Å². The molecule has 4 nitrogen and oxygen atoms in total. The van der Waals surface area contributed by atoms with Crippen molar-refractivity contribution in [2.45, 2.75) is 12.8 Å². The molecule has 0 aliphatic heterocycles. The molecule has 98 valence electrons. The third-order valence-corrected chi connectivity index (χ3v) is 2.79. The Morgan fingerprint density at radius 3 is 2.53 bits per heavy atom. The summed E-state index contributed by atoms with van der Waals surface area (Å²) in [4.78, 5) is 15.4. The van der Waals surface area contributed by atoms with Crippen LogP contribution in [0.3, 0.4) is 0 Å². The first-order chi connectivity index (χ1) is 9.22. The number of hydrogen-bond donors (Lipinski definition) is 1. The maximum Gasteiger partial charge on any atom is 0.315 e. The molecule has 0 aliphatic rings. The van der Waals surface area contributed by atoms with E-state index in [2.05, 4.69) is 4.98 Å². The minimum atomic E-state index is -0.892. The van der Waals surface area contributed by atoms with Crippen LogP contribution < -0.4 is 4.74 Å². The molecule has 0 spiro atoms. The van der Waals surface area contributed by atoms with Crippen molar-refractivity contribution in [1.29, 1.82) is 0 Å². The Bertz CT molecular complexity index is 537. The summed E-state index contributed by atoms with van der Waals surface area (Å²) in [5, 5.41) is 9.39. The number of rotatable bonds is 5. The second kappa shape index (κ2) is 6.00. The molecule has 1 unspecified atom stereocenters. The predicted molar refractivity (Wildman–Crippen MR) is 71.3 cm³/mol. The average Bonchev–Trinajstić information content (AvgIpc) is 2.42. The Morgan fingerprint density at radius 2 is 2.00 bits per heavy atom. The van der Waals surface area contributed by atoms with Gasteiger partial charge in [-0.25, -0.2) is 0 Å². The molecule has 4 heteroatoms. The highest BCUT2D eigenvalue weighted by atomic mass is 16.5. The Morgan fingerprint density at radius 1 is 1.26 bits per heavy atom. The van der Waals surface area contributed by atoms with Gasteiger partial charge in [-0.1, -0.05) is 18.2 Å². The van der Waals surface area contributed by atoms with E-state index in [9.17, 15) is 9.90 Å². The van der Waals surface area contributed by atoms with Gasteiger partial charge in [-0.15, -0.1) is 0 Å². The molecule has 2 rings (SSSR count). The normalized spacial score (nSPS) is 11.8. The second-order valence-corrected chi connectivity index (χ2v) is 4.06. The molecule has 0 saturated heterocycles. The minimum absolute atomic E-state index is 0.588. The molecule has 0 radical (unpaired) electrons. The highest BCUT2D eigenvalue weighted by Crippen LogP contribution is 2.26. The van der Waals surface area contributed by atoms with E-state index in [4.69, 9.17) is 4.74 Å². The zero-order valence-corrected chi connectivity index (χ0v) is 10.6. The van der Waals surface area contributed by atoms with Crippen LogP contribution in [-0.4, -0.2) is 22.7 Å². The highest BCUT2D eigenvalue weighted by molar-refractivity contribution is 5.80. The van der Waals surface area contributed by atoms with Gasteiger partial charge in [0.25, 0.3) is 0 Å². The molecule has 1 N–H and O–H groups in total. The van der Waals surface area contributed by atoms with E-state index in [1.165, 1.54) is 0 Å². The summed E-state index contributed by atoms with van der Waals surface area (Å²) in [6.07, 6.45) is 3.20. The van der Waals surface area contributed by atoms with Crippen LogP contribution in [0, 0.1) is 0 Å². The lowest BCUT2D eigenvalue weighted by Gasteiger charge is -2.13. The fourth-order valence-corrected chi connectivity index (χ4v) is 1.95. The summed E-state index contributed by atoms with van der Waals surface area (Å²) in [6.45, 7) is 2.49. The quantitative estimate of drug-likeness (QED) is 0.894. The zero-order valence-electron chi connectivity index (χ0n) is 10.6. The van der Waals surface area contributed by atoms with Gasteiger partial charge < -0.3 is 9.84 Å². The van der Waals surface area contributed by atoms with Crippen LogP contribution in [0.4, 0.5) is 0 Å². The SMILES string of the molecule is CCOc1ccc(C(C(=O)O)c2cccnc2)cc1. The van der Waals surface area contributed by atoms with Gasteiger partial charge in [-0.2, -0.15) is 0 Å². The molecular weight excluding hydrogens is 242 g/mol. The van der Waals surface area contributed by atoms with Gasteiger partial charge in [0.15, 0.2) is 0 Å². The molecule has 0 amide bonds. The predicted octanol–water partition coefficient (Wildman–Crippen LogP) is 2.70. The summed E-state index contributed by atoms with van der Waals surface area (Å²) in [6, 6.07) is 10.6. The van der Waals surface area contributed by atoms with Crippen LogP contribution in [-0.2, 0) is 4.79 Å². The lowest BCUT2D eigenvalue weighted by molar-refractivity contribution is -0.137. The van der Waals surface area contributed by atoms with Crippen molar-refractivity contribution in [3.8, 4) is 5.75 Å². The number of aromatic nitrogens is 1. The van der Waals surface area contributed by atoms with Crippen molar-refractivity contribution in [2.75, 3.05) is 6.61 Å². The van der Waals surface area contributed by atoms with E-state index >= 15 is 0 Å². The van der Waals surface area contributed by atoms with E-state index in [-0.39, 0.29) is 0 Å². The molecule has 1 aromatic heterocycles. The van der Waals surface area contributed by atoms with Crippen molar-refractivity contribution in [3.63, 3.8) is 0 Å². The van der Waals surface area contributed by atoms with Crippen molar-refractivity contribution in [1.82, 2.24) is 4.98 Å². The van der Waals surface area contributed by atoms with Crippen LogP contribution in [0.15, 0.2) is 48.8 Å². The first-order valence-electron chi connectivity index (χ1n) is 6.08. The minimum Gasteiger partial charge on any atom is -0.494 e. The summed E-state index contributed by atoms with van der Waals surface area (Å²) in [5.41, 5.74) is 1.38. The Hall–Kier alpha value is -2.36. The standard InChI is InChI=1S/C15H15NO3/c1-2-19-13-7-5-11(6-8-13)14(15(17)18)12-4-3-9-16-10-12/h3-10,14H,2H2,1H3,(H,17,18). The number of carbonyl (C=O) groups is 1. The van der Waals surface area contributed by atoms with Crippen molar-refractivity contribution in [3.05, 3.63) is 59.9 Å². The second-order valence-electron chi connectivity index (χ2n) is 4.06. The number of carboxylic acid groups (broad SMARTS) is 1. The Balaban J connectivity index is 2.32. The van der Waals surface area contributed by atoms with Gasteiger partial charge >= 0.3 is 5.97 Å². The van der Waals surface area contributed by atoms with Gasteiger partial charge in [0.2, 0.25) is 0 Å². The van der Waals surface area contributed by atoms with Gasteiger partial charge in [-0.3, -0.25) is 9.78 Å². The molecule has 0 bridgehead atoms. The fourth-order valence-electron chi connectivity index (χ4n) is 1.95. The smallest absolute Gasteiger partial charge is 0.315 e. The topological polar surface area (TPSA) is 59.4 Å². The molecule has 1 aromatic carbocycles. The van der Waals surface area contributed by atoms with Crippen molar-refractivity contribution < 1.29 is 14.6 Å². The van der Waals surface area contributed by atoms with Gasteiger partial charge in [0.1, 0.15) is 11.7 Å². The number of nitrogens with zero attached hydrogens (tertiary/aromatic N) is 1. The molecule has 2 aromatic rings. The molecule has 0 fully saturated rings. The van der Waals surface area contributed by atoms with Crippen molar-refractivity contribution in [2.24, 2.45) is 0 Å². The first-order valence-corrected chi connectivity index (χ1v) is 6.08. The number of pyridine rings is 1. The number of hydrogen-bond acceptors (Lipinski definition) is 3. The van der Waals surface area contributed by atoms with E-state index in [0.29, 0.717) is 17.7 Å². The third kappa shape index (κ3) is 3.10. The third-order valence-electron chi connectivity index (χ3n) is 2.79. The lowest BCUT2D eigenvalue weighted by Crippen LogP contribution is -2.13. The van der Waals surface area contributed by atoms with E-state index < -0.39 is 11.9 Å².